The summed E-state index contributed by atoms with van der Waals surface area (Å²) in [5.74, 6) is 0.433. The highest BCUT2D eigenvalue weighted by molar-refractivity contribution is 6.42. The number of aromatic nitrogens is 2. The van der Waals surface area contributed by atoms with Gasteiger partial charge in [-0.1, -0.05) is 53.5 Å². The van der Waals surface area contributed by atoms with Crippen LogP contribution in [0, 0.1) is 0 Å². The molecule has 0 radical (unpaired) electrons. The van der Waals surface area contributed by atoms with Crippen molar-refractivity contribution in [2.75, 3.05) is 27.2 Å². The molecule has 2 aromatic carbocycles. The minimum Gasteiger partial charge on any atom is -0.463 e. The summed E-state index contributed by atoms with van der Waals surface area (Å²) < 4.78 is 7.12. The van der Waals surface area contributed by atoms with E-state index in [0.717, 1.165) is 12.1 Å². The van der Waals surface area contributed by atoms with Crippen molar-refractivity contribution < 1.29 is 9.21 Å². The van der Waals surface area contributed by atoms with E-state index in [0.29, 0.717) is 46.0 Å². The number of carbonyl (C=O) groups is 1. The van der Waals surface area contributed by atoms with E-state index in [9.17, 15) is 4.79 Å². The van der Waals surface area contributed by atoms with Gasteiger partial charge >= 0.3 is 0 Å². The second kappa shape index (κ2) is 10.3. The summed E-state index contributed by atoms with van der Waals surface area (Å²) in [5.41, 5.74) is 2.66. The maximum atomic E-state index is 13.8. The maximum Gasteiger partial charge on any atom is 0.272 e. The van der Waals surface area contributed by atoms with Gasteiger partial charge in [0.05, 0.1) is 22.0 Å². The second-order valence-electron chi connectivity index (χ2n) is 7.92. The number of rotatable bonds is 8. The molecule has 0 saturated carbocycles. The van der Waals surface area contributed by atoms with Gasteiger partial charge in [0.15, 0.2) is 5.76 Å². The van der Waals surface area contributed by atoms with Gasteiger partial charge in [0.2, 0.25) is 0 Å². The zero-order valence-electron chi connectivity index (χ0n) is 18.4. The quantitative estimate of drug-likeness (QED) is 0.325. The summed E-state index contributed by atoms with van der Waals surface area (Å²) in [6, 6.07) is 20.4. The van der Waals surface area contributed by atoms with Gasteiger partial charge in [0.1, 0.15) is 11.4 Å². The SMILES string of the molecule is CN(C)CCN(Cc1ccccc1)C(=O)c1cc(-c2ccco2)nn1-c1ccc(Cl)c(Cl)c1. The van der Waals surface area contributed by atoms with Gasteiger partial charge in [-0.3, -0.25) is 4.79 Å². The fourth-order valence-corrected chi connectivity index (χ4v) is 3.72. The van der Waals surface area contributed by atoms with Crippen LogP contribution < -0.4 is 0 Å². The predicted molar refractivity (Wildman–Crippen MR) is 131 cm³/mol. The third-order valence-corrected chi connectivity index (χ3v) is 5.91. The third-order valence-electron chi connectivity index (χ3n) is 5.17. The number of hydrogen-bond donors (Lipinski definition) is 0. The molecular weight excluding hydrogens is 459 g/mol. The highest BCUT2D eigenvalue weighted by Crippen LogP contribution is 2.28. The van der Waals surface area contributed by atoms with Crippen LogP contribution in [0.25, 0.3) is 17.1 Å². The van der Waals surface area contributed by atoms with E-state index in [2.05, 4.69) is 10.00 Å². The first-order valence-corrected chi connectivity index (χ1v) is 11.3. The normalized spacial score (nSPS) is 11.2. The first-order chi connectivity index (χ1) is 15.9. The van der Waals surface area contributed by atoms with E-state index in [1.807, 2.05) is 55.4 Å². The lowest BCUT2D eigenvalue weighted by molar-refractivity contribution is 0.0722. The zero-order valence-corrected chi connectivity index (χ0v) is 19.9. The van der Waals surface area contributed by atoms with Crippen LogP contribution in [0.3, 0.4) is 0 Å². The fraction of sp³-hybridized carbons (Fsp3) is 0.200. The number of halogens is 2. The summed E-state index contributed by atoms with van der Waals surface area (Å²) in [4.78, 5) is 17.7. The predicted octanol–water partition coefficient (Wildman–Crippen LogP) is 5.64. The van der Waals surface area contributed by atoms with E-state index < -0.39 is 0 Å². The number of hydrogen-bond acceptors (Lipinski definition) is 4. The molecule has 0 aliphatic rings. The highest BCUT2D eigenvalue weighted by Gasteiger charge is 2.24. The lowest BCUT2D eigenvalue weighted by Gasteiger charge is -2.25. The Morgan fingerprint density at radius 1 is 0.970 bits per heavy atom. The molecule has 4 aromatic rings. The number of amides is 1. The van der Waals surface area contributed by atoms with Crippen LogP contribution in [0.1, 0.15) is 16.1 Å². The van der Waals surface area contributed by atoms with Crippen LogP contribution in [0.5, 0.6) is 0 Å². The minimum atomic E-state index is -0.142. The zero-order chi connectivity index (χ0) is 23.4. The van der Waals surface area contributed by atoms with Crippen LogP contribution in [0.15, 0.2) is 77.4 Å². The van der Waals surface area contributed by atoms with E-state index in [1.54, 1.807) is 41.3 Å². The lowest BCUT2D eigenvalue weighted by atomic mass is 10.2. The number of carbonyl (C=O) groups excluding carboxylic acids is 1. The summed E-state index contributed by atoms with van der Waals surface area (Å²) in [6.07, 6.45) is 1.58. The van der Waals surface area contributed by atoms with Crippen molar-refractivity contribution >= 4 is 29.1 Å². The van der Waals surface area contributed by atoms with Gasteiger partial charge in [0.25, 0.3) is 5.91 Å². The molecule has 2 heterocycles. The molecule has 170 valence electrons. The van der Waals surface area contributed by atoms with Crippen molar-refractivity contribution in [3.05, 3.63) is 94.3 Å². The van der Waals surface area contributed by atoms with Crippen molar-refractivity contribution in [2.45, 2.75) is 6.54 Å². The number of benzene rings is 2. The Labute approximate surface area is 202 Å². The average molecular weight is 483 g/mol. The summed E-state index contributed by atoms with van der Waals surface area (Å²) in [7, 11) is 3.97. The molecule has 8 heteroatoms. The highest BCUT2D eigenvalue weighted by atomic mass is 35.5. The average Bonchev–Trinajstić information content (AvgIpc) is 3.49. The molecule has 1 amide bonds. The molecule has 0 spiro atoms. The van der Waals surface area contributed by atoms with E-state index >= 15 is 0 Å². The third kappa shape index (κ3) is 5.47. The summed E-state index contributed by atoms with van der Waals surface area (Å²) in [5, 5.41) is 5.48. The van der Waals surface area contributed by atoms with Crippen molar-refractivity contribution in [3.8, 4) is 17.1 Å². The monoisotopic (exact) mass is 482 g/mol. The number of furan rings is 1. The topological polar surface area (TPSA) is 54.5 Å². The largest absolute Gasteiger partial charge is 0.463 e. The molecule has 0 N–H and O–H groups in total. The first kappa shape index (κ1) is 23.1. The Balaban J connectivity index is 1.76. The maximum absolute atomic E-state index is 13.8. The first-order valence-electron chi connectivity index (χ1n) is 10.5. The fourth-order valence-electron chi connectivity index (χ4n) is 3.43. The molecule has 0 unspecified atom stereocenters. The van der Waals surface area contributed by atoms with Gasteiger partial charge in [0, 0.05) is 25.7 Å². The molecule has 0 bridgehead atoms. The van der Waals surface area contributed by atoms with E-state index in [4.69, 9.17) is 27.6 Å². The van der Waals surface area contributed by atoms with Crippen LogP contribution in [-0.4, -0.2) is 52.7 Å². The Hall–Kier alpha value is -3.06. The van der Waals surface area contributed by atoms with Crippen LogP contribution >= 0.6 is 23.2 Å². The van der Waals surface area contributed by atoms with Gasteiger partial charge < -0.3 is 14.2 Å². The van der Waals surface area contributed by atoms with Crippen molar-refractivity contribution in [1.29, 1.82) is 0 Å². The van der Waals surface area contributed by atoms with Crippen LogP contribution in [0.2, 0.25) is 10.0 Å². The molecule has 6 nitrogen and oxygen atoms in total. The minimum absolute atomic E-state index is 0.142. The summed E-state index contributed by atoms with van der Waals surface area (Å²) >= 11 is 12.4. The van der Waals surface area contributed by atoms with Gasteiger partial charge in [-0.2, -0.15) is 5.10 Å². The Morgan fingerprint density at radius 3 is 2.42 bits per heavy atom. The Bertz CT molecular complexity index is 1220. The van der Waals surface area contributed by atoms with Crippen molar-refractivity contribution in [3.63, 3.8) is 0 Å². The molecule has 2 aromatic heterocycles. The van der Waals surface area contributed by atoms with Crippen LogP contribution in [-0.2, 0) is 6.54 Å². The second-order valence-corrected chi connectivity index (χ2v) is 8.73. The van der Waals surface area contributed by atoms with Crippen molar-refractivity contribution in [2.24, 2.45) is 0 Å². The van der Waals surface area contributed by atoms with Crippen molar-refractivity contribution in [1.82, 2.24) is 19.6 Å². The molecule has 0 atom stereocenters. The molecule has 0 aliphatic heterocycles. The standard InChI is InChI=1S/C25H24Cl2N4O2/c1-29(2)12-13-30(17-18-7-4-3-5-8-18)25(32)23-16-22(24-9-6-14-33-24)28-31(23)19-10-11-20(26)21(27)15-19/h3-11,14-16H,12-13,17H2,1-2H3. The number of nitrogens with zero attached hydrogens (tertiary/aromatic N) is 4. The number of likely N-dealkylation sites (N-methyl/N-ethyl adjacent to an activating group) is 1. The summed E-state index contributed by atoms with van der Waals surface area (Å²) in [6.45, 7) is 1.77. The van der Waals surface area contributed by atoms with Gasteiger partial charge in [-0.15, -0.1) is 0 Å². The lowest BCUT2D eigenvalue weighted by Crippen LogP contribution is -2.37. The Morgan fingerprint density at radius 2 is 1.76 bits per heavy atom. The molecule has 0 saturated heterocycles. The molecular formula is C25H24Cl2N4O2. The van der Waals surface area contributed by atoms with Crippen LogP contribution in [0.4, 0.5) is 0 Å². The smallest absolute Gasteiger partial charge is 0.272 e. The van der Waals surface area contributed by atoms with Gasteiger partial charge in [-0.05, 0) is 50.0 Å². The molecule has 4 rings (SSSR count). The van der Waals surface area contributed by atoms with E-state index in [-0.39, 0.29) is 5.91 Å². The Kier molecular flexibility index (Phi) is 7.18. The molecule has 0 fully saturated rings. The van der Waals surface area contributed by atoms with E-state index in [1.165, 1.54) is 0 Å². The molecule has 0 aliphatic carbocycles. The van der Waals surface area contributed by atoms with Gasteiger partial charge in [-0.25, -0.2) is 4.68 Å². The molecule has 33 heavy (non-hydrogen) atoms.